The summed E-state index contributed by atoms with van der Waals surface area (Å²) in [5, 5.41) is 10.5. The van der Waals surface area contributed by atoms with Gasteiger partial charge in [0.15, 0.2) is 0 Å². The lowest BCUT2D eigenvalue weighted by Gasteiger charge is -2.37. The van der Waals surface area contributed by atoms with Crippen molar-refractivity contribution in [3.63, 3.8) is 0 Å². The molecule has 3 rings (SSSR count). The molecule has 0 aliphatic carbocycles. The lowest BCUT2D eigenvalue weighted by molar-refractivity contribution is 0.262. The Kier molecular flexibility index (Phi) is 3.88. The average molecular weight is 270 g/mol. The summed E-state index contributed by atoms with van der Waals surface area (Å²) in [5.41, 5.74) is 2.29. The van der Waals surface area contributed by atoms with E-state index in [0.717, 1.165) is 30.7 Å². The SMILES string of the molecule is Cc1cc2ccccc2nc1N1CCCCC1CCO. The zero-order valence-electron chi connectivity index (χ0n) is 12.0. The van der Waals surface area contributed by atoms with Crippen LogP contribution >= 0.6 is 0 Å². The van der Waals surface area contributed by atoms with Crippen LogP contribution in [0.2, 0.25) is 0 Å². The molecule has 1 unspecified atom stereocenters. The highest BCUT2D eigenvalue weighted by Crippen LogP contribution is 2.29. The largest absolute Gasteiger partial charge is 0.396 e. The van der Waals surface area contributed by atoms with Crippen LogP contribution in [0.3, 0.4) is 0 Å². The lowest BCUT2D eigenvalue weighted by Crippen LogP contribution is -2.41. The third-order valence-electron chi connectivity index (χ3n) is 4.25. The van der Waals surface area contributed by atoms with Gasteiger partial charge in [-0.2, -0.15) is 0 Å². The first-order valence-corrected chi connectivity index (χ1v) is 7.53. The van der Waals surface area contributed by atoms with Crippen LogP contribution in [0.1, 0.15) is 31.2 Å². The summed E-state index contributed by atoms with van der Waals surface area (Å²) in [6, 6.07) is 10.9. The van der Waals surface area contributed by atoms with Crippen LogP contribution in [0.5, 0.6) is 0 Å². The van der Waals surface area contributed by atoms with Crippen molar-refractivity contribution in [1.82, 2.24) is 4.98 Å². The van der Waals surface area contributed by atoms with Crippen molar-refractivity contribution in [2.75, 3.05) is 18.1 Å². The van der Waals surface area contributed by atoms with Gasteiger partial charge in [0.1, 0.15) is 5.82 Å². The Morgan fingerprint density at radius 3 is 3.00 bits per heavy atom. The highest BCUT2D eigenvalue weighted by molar-refractivity contribution is 5.81. The van der Waals surface area contributed by atoms with Gasteiger partial charge in [0, 0.05) is 24.6 Å². The van der Waals surface area contributed by atoms with Gasteiger partial charge in [-0.05, 0) is 50.3 Å². The molecule has 2 aromatic rings. The number of para-hydroxylation sites is 1. The zero-order chi connectivity index (χ0) is 13.9. The highest BCUT2D eigenvalue weighted by atomic mass is 16.3. The maximum Gasteiger partial charge on any atom is 0.132 e. The molecule has 1 aliphatic heterocycles. The molecule has 1 fully saturated rings. The number of fused-ring (bicyclic) bond motifs is 1. The second kappa shape index (κ2) is 5.80. The predicted octanol–water partition coefficient (Wildman–Crippen LogP) is 3.28. The van der Waals surface area contributed by atoms with Crippen LogP contribution in [0, 0.1) is 6.92 Å². The smallest absolute Gasteiger partial charge is 0.132 e. The van der Waals surface area contributed by atoms with Gasteiger partial charge < -0.3 is 10.0 Å². The normalized spacial score (nSPS) is 19.5. The van der Waals surface area contributed by atoms with Gasteiger partial charge in [-0.1, -0.05) is 18.2 Å². The van der Waals surface area contributed by atoms with Gasteiger partial charge in [0.05, 0.1) is 5.52 Å². The molecule has 20 heavy (non-hydrogen) atoms. The molecule has 1 atom stereocenters. The molecule has 0 spiro atoms. The Hall–Kier alpha value is -1.61. The Morgan fingerprint density at radius 1 is 1.30 bits per heavy atom. The molecule has 1 aliphatic rings. The molecule has 106 valence electrons. The number of pyridine rings is 1. The standard InChI is InChI=1S/C17H22N2O/c1-13-12-14-6-2-3-8-16(14)18-17(13)19-10-5-4-7-15(19)9-11-20/h2-3,6,8,12,15,20H,4-5,7,9-11H2,1H3. The molecule has 0 amide bonds. The van der Waals surface area contributed by atoms with E-state index in [4.69, 9.17) is 4.98 Å². The van der Waals surface area contributed by atoms with E-state index in [-0.39, 0.29) is 6.61 Å². The number of piperidine rings is 1. The van der Waals surface area contributed by atoms with E-state index in [1.807, 2.05) is 6.07 Å². The molecule has 3 heteroatoms. The summed E-state index contributed by atoms with van der Waals surface area (Å²) in [5.74, 6) is 1.10. The molecule has 3 nitrogen and oxygen atoms in total. The minimum Gasteiger partial charge on any atom is -0.396 e. The predicted molar refractivity (Wildman–Crippen MR) is 83.2 cm³/mol. The molecule has 1 N–H and O–H groups in total. The fourth-order valence-corrected chi connectivity index (χ4v) is 3.23. The van der Waals surface area contributed by atoms with Crippen LogP contribution in [0.25, 0.3) is 10.9 Å². The van der Waals surface area contributed by atoms with Crippen LogP contribution in [-0.4, -0.2) is 29.3 Å². The second-order valence-corrected chi connectivity index (χ2v) is 5.68. The fourth-order valence-electron chi connectivity index (χ4n) is 3.23. The third-order valence-corrected chi connectivity index (χ3v) is 4.25. The molecular formula is C17H22N2O. The maximum absolute atomic E-state index is 9.28. The van der Waals surface area contributed by atoms with Crippen molar-refractivity contribution in [2.45, 2.75) is 38.6 Å². The van der Waals surface area contributed by atoms with E-state index in [0.29, 0.717) is 6.04 Å². The maximum atomic E-state index is 9.28. The van der Waals surface area contributed by atoms with Gasteiger partial charge in [-0.15, -0.1) is 0 Å². The van der Waals surface area contributed by atoms with Gasteiger partial charge in [0.2, 0.25) is 0 Å². The van der Waals surface area contributed by atoms with E-state index in [1.54, 1.807) is 0 Å². The number of aliphatic hydroxyl groups excluding tert-OH is 1. The number of hydrogen-bond donors (Lipinski definition) is 1. The van der Waals surface area contributed by atoms with E-state index < -0.39 is 0 Å². The molecule has 1 saturated heterocycles. The van der Waals surface area contributed by atoms with Crippen molar-refractivity contribution >= 4 is 16.7 Å². The second-order valence-electron chi connectivity index (χ2n) is 5.68. The topological polar surface area (TPSA) is 36.4 Å². The molecular weight excluding hydrogens is 248 g/mol. The quantitative estimate of drug-likeness (QED) is 0.929. The summed E-state index contributed by atoms with van der Waals surface area (Å²) in [6.07, 6.45) is 4.48. The number of anilines is 1. The first-order valence-electron chi connectivity index (χ1n) is 7.53. The van der Waals surface area contributed by atoms with Gasteiger partial charge in [-0.3, -0.25) is 0 Å². The Morgan fingerprint density at radius 2 is 2.15 bits per heavy atom. The van der Waals surface area contributed by atoms with Crippen molar-refractivity contribution in [2.24, 2.45) is 0 Å². The van der Waals surface area contributed by atoms with Crippen molar-refractivity contribution in [3.8, 4) is 0 Å². The van der Waals surface area contributed by atoms with Gasteiger partial charge >= 0.3 is 0 Å². The number of aliphatic hydroxyl groups is 1. The van der Waals surface area contributed by atoms with Crippen molar-refractivity contribution in [1.29, 1.82) is 0 Å². The summed E-state index contributed by atoms with van der Waals surface area (Å²) in [6.45, 7) is 3.45. The fraction of sp³-hybridized carbons (Fsp3) is 0.471. The zero-order valence-corrected chi connectivity index (χ0v) is 12.0. The summed E-state index contributed by atoms with van der Waals surface area (Å²) >= 11 is 0. The van der Waals surface area contributed by atoms with Crippen LogP contribution in [0.15, 0.2) is 30.3 Å². The molecule has 0 bridgehead atoms. The van der Waals surface area contributed by atoms with Crippen LogP contribution < -0.4 is 4.90 Å². The third kappa shape index (κ3) is 2.50. The monoisotopic (exact) mass is 270 g/mol. The number of nitrogens with zero attached hydrogens (tertiary/aromatic N) is 2. The van der Waals surface area contributed by atoms with Gasteiger partial charge in [0.25, 0.3) is 0 Å². The first-order chi connectivity index (χ1) is 9.79. The average Bonchev–Trinajstić information content (AvgIpc) is 2.48. The number of benzene rings is 1. The summed E-state index contributed by atoms with van der Waals surface area (Å²) in [7, 11) is 0. The van der Waals surface area contributed by atoms with E-state index in [2.05, 4.69) is 36.1 Å². The molecule has 1 aromatic heterocycles. The Balaban J connectivity index is 2.00. The summed E-state index contributed by atoms with van der Waals surface area (Å²) < 4.78 is 0. The minimum atomic E-state index is 0.258. The van der Waals surface area contributed by atoms with E-state index in [9.17, 15) is 5.11 Å². The van der Waals surface area contributed by atoms with Crippen LogP contribution in [-0.2, 0) is 0 Å². The molecule has 1 aromatic carbocycles. The minimum absolute atomic E-state index is 0.258. The van der Waals surface area contributed by atoms with E-state index in [1.165, 1.54) is 23.8 Å². The van der Waals surface area contributed by atoms with Crippen molar-refractivity contribution in [3.05, 3.63) is 35.9 Å². The molecule has 0 saturated carbocycles. The number of aryl methyl sites for hydroxylation is 1. The van der Waals surface area contributed by atoms with Gasteiger partial charge in [-0.25, -0.2) is 4.98 Å². The Labute approximate surface area is 120 Å². The van der Waals surface area contributed by atoms with Crippen molar-refractivity contribution < 1.29 is 5.11 Å². The number of hydrogen-bond acceptors (Lipinski definition) is 3. The number of rotatable bonds is 3. The lowest BCUT2D eigenvalue weighted by atomic mass is 9.99. The summed E-state index contributed by atoms with van der Waals surface area (Å²) in [4.78, 5) is 7.28. The van der Waals surface area contributed by atoms with Crippen LogP contribution in [0.4, 0.5) is 5.82 Å². The number of aromatic nitrogens is 1. The highest BCUT2D eigenvalue weighted by Gasteiger charge is 2.24. The molecule has 2 heterocycles. The Bertz CT molecular complexity index is 595. The first kappa shape index (κ1) is 13.4. The molecule has 0 radical (unpaired) electrons. The van der Waals surface area contributed by atoms with E-state index >= 15 is 0 Å².